The number of hydrogen-bond acceptors (Lipinski definition) is 6. The third-order valence-electron chi connectivity index (χ3n) is 4.35. The van der Waals surface area contributed by atoms with Crippen LogP contribution in [0.3, 0.4) is 0 Å². The van der Waals surface area contributed by atoms with E-state index < -0.39 is 0 Å². The van der Waals surface area contributed by atoms with Crippen molar-refractivity contribution in [3.63, 3.8) is 0 Å². The highest BCUT2D eigenvalue weighted by atomic mass is 35.5. The molecule has 2 aromatic heterocycles. The Kier molecular flexibility index (Phi) is 6.49. The number of para-hydroxylation sites is 1. The number of nitrogens with one attached hydrogen (secondary N) is 1. The van der Waals surface area contributed by atoms with E-state index in [4.69, 9.17) is 16.3 Å². The Bertz CT molecular complexity index is 1190. The van der Waals surface area contributed by atoms with Crippen molar-refractivity contribution in [2.24, 2.45) is 0 Å². The summed E-state index contributed by atoms with van der Waals surface area (Å²) in [5, 5.41) is 12.6. The fraction of sp³-hybridized carbons (Fsp3) is 0.0909. The van der Waals surface area contributed by atoms with Crippen molar-refractivity contribution >= 4 is 35.0 Å². The molecular weight excluding hydrogens is 434 g/mol. The third kappa shape index (κ3) is 4.87. The highest BCUT2D eigenvalue weighted by Gasteiger charge is 2.17. The van der Waals surface area contributed by atoms with Crippen molar-refractivity contribution < 1.29 is 9.53 Å². The SMILES string of the molecule is COc1ccc(NC(=O)CSc2nnc(-c3ccncc3)n2-c2ccccc2)cc1Cl. The highest BCUT2D eigenvalue weighted by molar-refractivity contribution is 7.99. The second kappa shape index (κ2) is 9.63. The van der Waals surface area contributed by atoms with Gasteiger partial charge in [-0.25, -0.2) is 0 Å². The summed E-state index contributed by atoms with van der Waals surface area (Å²) in [6.07, 6.45) is 3.42. The second-order valence-electron chi connectivity index (χ2n) is 6.40. The normalized spacial score (nSPS) is 10.6. The summed E-state index contributed by atoms with van der Waals surface area (Å²) in [6.45, 7) is 0. The summed E-state index contributed by atoms with van der Waals surface area (Å²) < 4.78 is 7.06. The Morgan fingerprint density at radius 3 is 2.58 bits per heavy atom. The van der Waals surface area contributed by atoms with E-state index >= 15 is 0 Å². The summed E-state index contributed by atoms with van der Waals surface area (Å²) in [5.41, 5.74) is 2.39. The lowest BCUT2D eigenvalue weighted by molar-refractivity contribution is -0.113. The van der Waals surface area contributed by atoms with E-state index in [2.05, 4.69) is 20.5 Å². The number of methoxy groups -OCH3 is 1. The number of aromatic nitrogens is 4. The molecule has 0 aliphatic heterocycles. The van der Waals surface area contributed by atoms with Gasteiger partial charge in [-0.05, 0) is 42.5 Å². The molecule has 2 aromatic carbocycles. The number of nitrogens with zero attached hydrogens (tertiary/aromatic N) is 4. The van der Waals surface area contributed by atoms with Gasteiger partial charge in [0.2, 0.25) is 5.91 Å². The van der Waals surface area contributed by atoms with Gasteiger partial charge in [-0.1, -0.05) is 41.6 Å². The van der Waals surface area contributed by atoms with Gasteiger partial charge in [0.25, 0.3) is 0 Å². The van der Waals surface area contributed by atoms with Crippen LogP contribution in [0.2, 0.25) is 5.02 Å². The van der Waals surface area contributed by atoms with Gasteiger partial charge in [-0.2, -0.15) is 0 Å². The van der Waals surface area contributed by atoms with Crippen LogP contribution in [-0.2, 0) is 4.79 Å². The van der Waals surface area contributed by atoms with E-state index in [0.29, 0.717) is 27.4 Å². The van der Waals surface area contributed by atoms with Crippen molar-refractivity contribution in [2.45, 2.75) is 5.16 Å². The Hall–Kier alpha value is -3.36. The molecule has 0 unspecified atom stereocenters. The van der Waals surface area contributed by atoms with Crippen molar-refractivity contribution in [1.82, 2.24) is 19.7 Å². The van der Waals surface area contributed by atoms with Gasteiger partial charge in [-0.3, -0.25) is 14.3 Å². The molecule has 0 saturated heterocycles. The number of ether oxygens (including phenoxy) is 1. The van der Waals surface area contributed by atoms with Crippen LogP contribution in [0, 0.1) is 0 Å². The van der Waals surface area contributed by atoms with E-state index in [-0.39, 0.29) is 11.7 Å². The Morgan fingerprint density at radius 1 is 1.10 bits per heavy atom. The molecule has 31 heavy (non-hydrogen) atoms. The molecule has 0 saturated carbocycles. The van der Waals surface area contributed by atoms with Crippen LogP contribution in [0.15, 0.2) is 78.2 Å². The fourth-order valence-electron chi connectivity index (χ4n) is 2.93. The standard InChI is InChI=1S/C22H18ClN5O2S/c1-30-19-8-7-16(13-18(19)23)25-20(29)14-31-22-27-26-21(15-9-11-24-12-10-15)28(22)17-5-3-2-4-6-17/h2-13H,14H2,1H3,(H,25,29). The zero-order valence-electron chi connectivity index (χ0n) is 16.5. The third-order valence-corrected chi connectivity index (χ3v) is 5.58. The molecule has 2 heterocycles. The van der Waals surface area contributed by atoms with Gasteiger partial charge < -0.3 is 10.1 Å². The number of carbonyl (C=O) groups is 1. The average Bonchev–Trinajstić information content (AvgIpc) is 3.23. The number of rotatable bonds is 7. The quantitative estimate of drug-likeness (QED) is 0.409. The number of carbonyl (C=O) groups excluding carboxylic acids is 1. The molecule has 1 amide bonds. The van der Waals surface area contributed by atoms with Gasteiger partial charge in [0.15, 0.2) is 11.0 Å². The molecule has 1 N–H and O–H groups in total. The number of pyridine rings is 1. The van der Waals surface area contributed by atoms with Gasteiger partial charge in [-0.15, -0.1) is 10.2 Å². The molecule has 156 valence electrons. The predicted molar refractivity (Wildman–Crippen MR) is 122 cm³/mol. The molecule has 0 spiro atoms. The number of anilines is 1. The van der Waals surface area contributed by atoms with Crippen LogP contribution in [0.5, 0.6) is 5.75 Å². The monoisotopic (exact) mass is 451 g/mol. The summed E-state index contributed by atoms with van der Waals surface area (Å²) in [7, 11) is 1.54. The average molecular weight is 452 g/mol. The molecule has 0 aliphatic rings. The molecule has 9 heteroatoms. The molecule has 0 aliphatic carbocycles. The summed E-state index contributed by atoms with van der Waals surface area (Å²) in [4.78, 5) is 16.6. The van der Waals surface area contributed by atoms with Crippen molar-refractivity contribution in [2.75, 3.05) is 18.2 Å². The maximum atomic E-state index is 12.5. The number of halogens is 1. The molecule has 4 aromatic rings. The van der Waals surface area contributed by atoms with Crippen LogP contribution in [0.4, 0.5) is 5.69 Å². The van der Waals surface area contributed by atoms with Crippen molar-refractivity contribution in [3.8, 4) is 22.8 Å². The maximum Gasteiger partial charge on any atom is 0.234 e. The highest BCUT2D eigenvalue weighted by Crippen LogP contribution is 2.29. The van der Waals surface area contributed by atoms with Crippen molar-refractivity contribution in [1.29, 1.82) is 0 Å². The zero-order chi connectivity index (χ0) is 21.6. The molecule has 0 radical (unpaired) electrons. The number of thioether (sulfide) groups is 1. The van der Waals surface area contributed by atoms with E-state index in [1.165, 1.54) is 11.8 Å². The minimum absolute atomic E-state index is 0.158. The van der Waals surface area contributed by atoms with Gasteiger partial charge in [0.1, 0.15) is 5.75 Å². The topological polar surface area (TPSA) is 81.9 Å². The van der Waals surface area contributed by atoms with Crippen LogP contribution in [-0.4, -0.2) is 38.5 Å². The second-order valence-corrected chi connectivity index (χ2v) is 7.75. The summed E-state index contributed by atoms with van der Waals surface area (Å²) in [5.74, 6) is 1.21. The lowest BCUT2D eigenvalue weighted by Gasteiger charge is -2.11. The Labute approximate surface area is 188 Å². The predicted octanol–water partition coefficient (Wildman–Crippen LogP) is 4.72. The molecule has 0 bridgehead atoms. The van der Waals surface area contributed by atoms with E-state index in [9.17, 15) is 4.79 Å². The van der Waals surface area contributed by atoms with Crippen LogP contribution < -0.4 is 10.1 Å². The van der Waals surface area contributed by atoms with Gasteiger partial charge >= 0.3 is 0 Å². The number of hydrogen-bond donors (Lipinski definition) is 1. The lowest BCUT2D eigenvalue weighted by atomic mass is 10.2. The molecular formula is C22H18ClN5O2S. The maximum absolute atomic E-state index is 12.5. The van der Waals surface area contributed by atoms with Crippen LogP contribution in [0.1, 0.15) is 0 Å². The molecule has 7 nitrogen and oxygen atoms in total. The first-order chi connectivity index (χ1) is 15.2. The fourth-order valence-corrected chi connectivity index (χ4v) is 3.94. The Balaban J connectivity index is 1.54. The van der Waals surface area contributed by atoms with E-state index in [0.717, 1.165) is 11.3 Å². The molecule has 4 rings (SSSR count). The number of amides is 1. The minimum atomic E-state index is -0.181. The minimum Gasteiger partial charge on any atom is -0.495 e. The lowest BCUT2D eigenvalue weighted by Crippen LogP contribution is -2.14. The largest absolute Gasteiger partial charge is 0.495 e. The van der Waals surface area contributed by atoms with Crippen molar-refractivity contribution in [3.05, 3.63) is 78.1 Å². The number of benzene rings is 2. The van der Waals surface area contributed by atoms with Crippen LogP contribution in [0.25, 0.3) is 17.1 Å². The first kappa shape index (κ1) is 20.9. The van der Waals surface area contributed by atoms with E-state index in [1.54, 1.807) is 37.7 Å². The van der Waals surface area contributed by atoms with Crippen LogP contribution >= 0.6 is 23.4 Å². The summed E-state index contributed by atoms with van der Waals surface area (Å²) in [6, 6.07) is 18.6. The van der Waals surface area contributed by atoms with Gasteiger partial charge in [0.05, 0.1) is 17.9 Å². The first-order valence-corrected chi connectivity index (χ1v) is 10.7. The zero-order valence-corrected chi connectivity index (χ0v) is 18.1. The summed E-state index contributed by atoms with van der Waals surface area (Å²) >= 11 is 7.43. The molecule has 0 fully saturated rings. The van der Waals surface area contributed by atoms with Gasteiger partial charge in [0, 0.05) is 29.3 Å². The smallest absolute Gasteiger partial charge is 0.234 e. The first-order valence-electron chi connectivity index (χ1n) is 9.33. The Morgan fingerprint density at radius 2 is 1.87 bits per heavy atom. The van der Waals surface area contributed by atoms with E-state index in [1.807, 2.05) is 47.0 Å². The molecule has 0 atom stereocenters.